The van der Waals surface area contributed by atoms with Gasteiger partial charge in [0.2, 0.25) is 0 Å². The minimum absolute atomic E-state index is 0.0342. The summed E-state index contributed by atoms with van der Waals surface area (Å²) in [6, 6.07) is 9.01. The summed E-state index contributed by atoms with van der Waals surface area (Å²) in [6.45, 7) is 6.83. The standard InChI is InChI=1S/C30H32N4O3/c1-3-21-8-7-9-22-14-23(35)15-24(27(21)22)28(36)34-16-25-20(2)31-29(32-26(25)17-34)37-19-30(10-11-30)18-33-12-5-4-6-13-33/h1,7-9,14-15,35H,4-6,10-13,16-19H2,2H3. The number of piperidine rings is 1. The summed E-state index contributed by atoms with van der Waals surface area (Å²) in [5.74, 6) is 2.51. The molecular formula is C30H32N4O3. The molecule has 1 N–H and O–H groups in total. The van der Waals surface area contributed by atoms with Crippen molar-refractivity contribution in [1.82, 2.24) is 19.8 Å². The number of aromatic nitrogens is 2. The van der Waals surface area contributed by atoms with E-state index in [1.54, 1.807) is 11.0 Å². The van der Waals surface area contributed by atoms with E-state index in [2.05, 4.69) is 15.8 Å². The average molecular weight is 497 g/mol. The molecule has 7 heteroatoms. The molecule has 1 aliphatic carbocycles. The van der Waals surface area contributed by atoms with Crippen LogP contribution in [0.2, 0.25) is 0 Å². The first kappa shape index (κ1) is 23.7. The molecule has 3 aromatic rings. The highest BCUT2D eigenvalue weighted by molar-refractivity contribution is 6.09. The van der Waals surface area contributed by atoms with Gasteiger partial charge < -0.3 is 19.6 Å². The van der Waals surface area contributed by atoms with Gasteiger partial charge in [-0.15, -0.1) is 6.42 Å². The van der Waals surface area contributed by atoms with Crippen molar-refractivity contribution >= 4 is 16.7 Å². The Morgan fingerprint density at radius 2 is 1.97 bits per heavy atom. The number of phenols is 1. The minimum atomic E-state index is -0.193. The fraction of sp³-hybridized carbons (Fsp3) is 0.433. The van der Waals surface area contributed by atoms with Crippen LogP contribution in [0.4, 0.5) is 0 Å². The molecule has 190 valence electrons. The topological polar surface area (TPSA) is 78.8 Å². The lowest BCUT2D eigenvalue weighted by Gasteiger charge is -2.30. The van der Waals surface area contributed by atoms with Gasteiger partial charge in [-0.05, 0) is 69.3 Å². The van der Waals surface area contributed by atoms with E-state index >= 15 is 0 Å². The van der Waals surface area contributed by atoms with Crippen molar-refractivity contribution in [2.45, 2.75) is 52.1 Å². The highest BCUT2D eigenvalue weighted by Crippen LogP contribution is 2.47. The summed E-state index contributed by atoms with van der Waals surface area (Å²) >= 11 is 0. The second kappa shape index (κ2) is 9.35. The molecule has 3 aliphatic rings. The van der Waals surface area contributed by atoms with Gasteiger partial charge in [0, 0.05) is 34.2 Å². The van der Waals surface area contributed by atoms with Crippen molar-refractivity contribution in [3.05, 3.63) is 58.4 Å². The normalized spacial score (nSPS) is 18.4. The van der Waals surface area contributed by atoms with Crippen LogP contribution in [0.5, 0.6) is 11.8 Å². The third-order valence-corrected chi connectivity index (χ3v) is 8.08. The van der Waals surface area contributed by atoms with Crippen molar-refractivity contribution in [1.29, 1.82) is 0 Å². The molecule has 2 aromatic carbocycles. The Morgan fingerprint density at radius 3 is 2.73 bits per heavy atom. The molecule has 2 aliphatic heterocycles. The molecule has 0 atom stereocenters. The fourth-order valence-corrected chi connectivity index (χ4v) is 5.81. The zero-order valence-electron chi connectivity index (χ0n) is 21.3. The Bertz CT molecular complexity index is 1420. The van der Waals surface area contributed by atoms with Gasteiger partial charge in [-0.1, -0.05) is 24.5 Å². The number of rotatable bonds is 6. The van der Waals surface area contributed by atoms with Crippen LogP contribution in [0.3, 0.4) is 0 Å². The van der Waals surface area contributed by atoms with Crippen molar-refractivity contribution < 1.29 is 14.6 Å². The highest BCUT2D eigenvalue weighted by Gasteiger charge is 2.45. The number of hydrogen-bond donors (Lipinski definition) is 1. The molecule has 0 unspecified atom stereocenters. The molecule has 1 saturated carbocycles. The molecule has 1 saturated heterocycles. The number of carbonyl (C=O) groups excluding carboxylic acids is 1. The number of likely N-dealkylation sites (tertiary alicyclic amines) is 1. The van der Waals surface area contributed by atoms with Crippen LogP contribution in [0.15, 0.2) is 30.3 Å². The molecule has 1 amide bonds. The number of carbonyl (C=O) groups is 1. The largest absolute Gasteiger partial charge is 0.508 e. The molecule has 1 aromatic heterocycles. The summed E-state index contributed by atoms with van der Waals surface area (Å²) < 4.78 is 6.16. The van der Waals surface area contributed by atoms with Gasteiger partial charge in [0.25, 0.3) is 5.91 Å². The summed E-state index contributed by atoms with van der Waals surface area (Å²) in [7, 11) is 0. The third kappa shape index (κ3) is 4.62. The van der Waals surface area contributed by atoms with Crippen LogP contribution in [0.1, 0.15) is 65.0 Å². The number of terminal acetylenes is 1. The van der Waals surface area contributed by atoms with Crippen LogP contribution >= 0.6 is 0 Å². The van der Waals surface area contributed by atoms with E-state index in [9.17, 15) is 9.90 Å². The Balaban J connectivity index is 1.19. The molecule has 3 heterocycles. The van der Waals surface area contributed by atoms with Gasteiger partial charge in [-0.2, -0.15) is 4.98 Å². The van der Waals surface area contributed by atoms with Crippen LogP contribution in [0.25, 0.3) is 10.8 Å². The number of aryl methyl sites for hydroxylation is 1. The van der Waals surface area contributed by atoms with Gasteiger partial charge in [-0.3, -0.25) is 4.79 Å². The Labute approximate surface area is 217 Å². The van der Waals surface area contributed by atoms with Gasteiger partial charge >= 0.3 is 6.01 Å². The highest BCUT2D eigenvalue weighted by atomic mass is 16.5. The van der Waals surface area contributed by atoms with Crippen molar-refractivity contribution in [2.75, 3.05) is 26.2 Å². The SMILES string of the molecule is C#Cc1cccc2cc(O)cc(C(=O)N3Cc4nc(OCC5(CN6CCCCC6)CC5)nc(C)c4C3)c12. The monoisotopic (exact) mass is 496 g/mol. The van der Waals surface area contributed by atoms with Crippen molar-refractivity contribution in [2.24, 2.45) is 5.41 Å². The lowest BCUT2D eigenvalue weighted by atomic mass is 9.98. The number of aromatic hydroxyl groups is 1. The van der Waals surface area contributed by atoms with Gasteiger partial charge in [0.05, 0.1) is 31.0 Å². The van der Waals surface area contributed by atoms with Crippen molar-refractivity contribution in [3.63, 3.8) is 0 Å². The van der Waals surface area contributed by atoms with Crippen LogP contribution in [0, 0.1) is 24.7 Å². The maximum atomic E-state index is 13.7. The Kier molecular flexibility index (Phi) is 6.00. The van der Waals surface area contributed by atoms with E-state index in [-0.39, 0.29) is 17.1 Å². The molecule has 0 bridgehead atoms. The molecular weight excluding hydrogens is 464 g/mol. The Hall–Kier alpha value is -3.63. The van der Waals surface area contributed by atoms with Gasteiger partial charge in [-0.25, -0.2) is 4.98 Å². The van der Waals surface area contributed by atoms with E-state index in [0.717, 1.165) is 28.9 Å². The van der Waals surface area contributed by atoms with Crippen LogP contribution in [-0.4, -0.2) is 57.0 Å². The van der Waals surface area contributed by atoms with Crippen LogP contribution < -0.4 is 4.74 Å². The third-order valence-electron chi connectivity index (χ3n) is 8.08. The maximum absolute atomic E-state index is 13.7. The fourth-order valence-electron chi connectivity index (χ4n) is 5.81. The lowest BCUT2D eigenvalue weighted by Crippen LogP contribution is -2.37. The first-order chi connectivity index (χ1) is 17.9. The van der Waals surface area contributed by atoms with E-state index in [4.69, 9.17) is 16.1 Å². The second-order valence-corrected chi connectivity index (χ2v) is 10.8. The maximum Gasteiger partial charge on any atom is 0.316 e. The molecule has 7 nitrogen and oxygen atoms in total. The van der Waals surface area contributed by atoms with Gasteiger partial charge in [0.1, 0.15) is 5.75 Å². The minimum Gasteiger partial charge on any atom is -0.508 e. The van der Waals surface area contributed by atoms with Gasteiger partial charge in [0.15, 0.2) is 0 Å². The summed E-state index contributed by atoms with van der Waals surface area (Å²) in [5, 5.41) is 11.7. The summed E-state index contributed by atoms with van der Waals surface area (Å²) in [6.07, 6.45) is 12.0. The molecule has 2 fully saturated rings. The summed E-state index contributed by atoms with van der Waals surface area (Å²) in [5.41, 5.74) is 3.85. The second-order valence-electron chi connectivity index (χ2n) is 10.8. The van der Waals surface area contributed by atoms with E-state index in [1.807, 2.05) is 25.1 Å². The number of hydrogen-bond acceptors (Lipinski definition) is 6. The smallest absolute Gasteiger partial charge is 0.316 e. The van der Waals surface area contributed by atoms with E-state index in [0.29, 0.717) is 42.2 Å². The number of phenolic OH excluding ortho intramolecular Hbond substituents is 1. The number of ether oxygens (including phenoxy) is 1. The first-order valence-electron chi connectivity index (χ1n) is 13.2. The zero-order chi connectivity index (χ0) is 25.6. The van der Waals surface area contributed by atoms with E-state index in [1.165, 1.54) is 51.3 Å². The number of amides is 1. The van der Waals surface area contributed by atoms with Crippen LogP contribution in [-0.2, 0) is 13.1 Å². The molecule has 0 radical (unpaired) electrons. The Morgan fingerprint density at radius 1 is 1.16 bits per heavy atom. The average Bonchev–Trinajstić information content (AvgIpc) is 3.52. The quantitative estimate of drug-likeness (QED) is 0.509. The predicted octanol–water partition coefficient (Wildman–Crippen LogP) is 4.43. The molecule has 0 spiro atoms. The van der Waals surface area contributed by atoms with Crippen molar-refractivity contribution in [3.8, 4) is 24.1 Å². The molecule has 6 rings (SSSR count). The number of fused-ring (bicyclic) bond motifs is 2. The van der Waals surface area contributed by atoms with E-state index < -0.39 is 0 Å². The lowest BCUT2D eigenvalue weighted by molar-refractivity contribution is 0.0751. The zero-order valence-corrected chi connectivity index (χ0v) is 21.3. The summed E-state index contributed by atoms with van der Waals surface area (Å²) in [4.78, 5) is 27.3. The first-order valence-corrected chi connectivity index (χ1v) is 13.2. The molecule has 37 heavy (non-hydrogen) atoms. The number of nitrogens with zero attached hydrogens (tertiary/aromatic N) is 4. The number of benzene rings is 2. The predicted molar refractivity (Wildman–Crippen MR) is 141 cm³/mol.